The van der Waals surface area contributed by atoms with Gasteiger partial charge >= 0.3 is 18.0 Å². The first kappa shape index (κ1) is 29.7. The molecule has 4 rings (SSSR count). The molecule has 0 saturated heterocycles. The highest BCUT2D eigenvalue weighted by atomic mass is 19.4. The molecule has 0 bridgehead atoms. The van der Waals surface area contributed by atoms with Crippen molar-refractivity contribution in [3.8, 4) is 11.5 Å². The minimum atomic E-state index is -6.18. The number of halogens is 7. The molecule has 220 valence electrons. The molecule has 1 aromatic heterocycles. The first-order chi connectivity index (χ1) is 19.2. The summed E-state index contributed by atoms with van der Waals surface area (Å²) in [6, 6.07) is 8.39. The van der Waals surface area contributed by atoms with Gasteiger partial charge in [-0.15, -0.1) is 0 Å². The molecule has 0 atom stereocenters. The Labute approximate surface area is 227 Å². The van der Waals surface area contributed by atoms with Crippen molar-refractivity contribution in [2.75, 3.05) is 18.5 Å². The normalized spacial score (nSPS) is 14.6. The lowest BCUT2D eigenvalue weighted by atomic mass is 9.87. The van der Waals surface area contributed by atoms with E-state index in [2.05, 4.69) is 10.3 Å². The van der Waals surface area contributed by atoms with E-state index in [0.717, 1.165) is 18.2 Å². The van der Waals surface area contributed by atoms with Crippen LogP contribution >= 0.6 is 0 Å². The average molecular weight is 588 g/mol. The second-order valence-electron chi connectivity index (χ2n) is 8.83. The van der Waals surface area contributed by atoms with E-state index in [0.29, 0.717) is 34.3 Å². The van der Waals surface area contributed by atoms with Crippen LogP contribution in [0.5, 0.6) is 11.5 Å². The molecule has 1 aliphatic heterocycles. The summed E-state index contributed by atoms with van der Waals surface area (Å²) in [4.78, 5) is 30.0. The molecular formula is C26H23F7N4O4. The zero-order chi connectivity index (χ0) is 30.2. The third-order valence-electron chi connectivity index (χ3n) is 6.23. The summed E-state index contributed by atoms with van der Waals surface area (Å²) in [7, 11) is 0. The number of aryl methyl sites for hydroxylation is 1. The number of amidine groups is 1. The third-order valence-corrected chi connectivity index (χ3v) is 6.23. The topological polar surface area (TPSA) is 97.7 Å². The van der Waals surface area contributed by atoms with Crippen LogP contribution in [0.2, 0.25) is 0 Å². The van der Waals surface area contributed by atoms with Crippen molar-refractivity contribution < 1.29 is 40.2 Å². The van der Waals surface area contributed by atoms with Crippen molar-refractivity contribution in [2.45, 2.75) is 44.7 Å². The standard InChI is InChI=1S/C26H23F7N4O4/c1-3-40-17-9-8-14(12-18(17)41-4-2)10-11-37-21-19(22(38)35-23(37)39)24(25(28,29)30,26(31,32)33)36-20(34-21)15-6-5-7-16(27)13-15/h5-9,12-13H,3-4,10-11H2,1-2H3,(H,34,36)(H,35,38,39). The molecule has 41 heavy (non-hydrogen) atoms. The van der Waals surface area contributed by atoms with Crippen molar-refractivity contribution in [1.29, 1.82) is 0 Å². The van der Waals surface area contributed by atoms with Crippen LogP contribution in [-0.4, -0.2) is 41.0 Å². The van der Waals surface area contributed by atoms with E-state index >= 15 is 0 Å². The summed E-state index contributed by atoms with van der Waals surface area (Å²) in [5.41, 5.74) is -10.1. The largest absolute Gasteiger partial charge is 0.490 e. The van der Waals surface area contributed by atoms with E-state index < -0.39 is 64.3 Å². The van der Waals surface area contributed by atoms with Gasteiger partial charge in [0.1, 0.15) is 23.0 Å². The Morgan fingerprint density at radius 1 is 0.927 bits per heavy atom. The van der Waals surface area contributed by atoms with Crippen LogP contribution in [0.3, 0.4) is 0 Å². The van der Waals surface area contributed by atoms with Crippen LogP contribution < -0.4 is 26.0 Å². The lowest BCUT2D eigenvalue weighted by Gasteiger charge is -2.38. The van der Waals surface area contributed by atoms with Gasteiger partial charge in [0.15, 0.2) is 11.5 Å². The van der Waals surface area contributed by atoms with Crippen molar-refractivity contribution >= 4 is 11.7 Å². The molecular weight excluding hydrogens is 565 g/mol. The van der Waals surface area contributed by atoms with Gasteiger partial charge in [-0.1, -0.05) is 18.2 Å². The molecule has 3 aromatic rings. The highest BCUT2D eigenvalue weighted by Crippen LogP contribution is 2.55. The van der Waals surface area contributed by atoms with E-state index in [9.17, 15) is 40.3 Å². The number of aliphatic imine (C=N–C) groups is 1. The molecule has 2 aromatic carbocycles. The fourth-order valence-corrected chi connectivity index (χ4v) is 4.45. The van der Waals surface area contributed by atoms with E-state index in [-0.39, 0.29) is 13.0 Å². The predicted octanol–water partition coefficient (Wildman–Crippen LogP) is 4.91. The van der Waals surface area contributed by atoms with Crippen molar-refractivity contribution in [1.82, 2.24) is 9.55 Å². The van der Waals surface area contributed by atoms with Gasteiger partial charge in [0.05, 0.1) is 13.2 Å². The van der Waals surface area contributed by atoms with Crippen molar-refractivity contribution in [3.05, 3.63) is 85.8 Å². The lowest BCUT2D eigenvalue weighted by molar-refractivity contribution is -0.301. The van der Waals surface area contributed by atoms with Crippen LogP contribution in [0.1, 0.15) is 30.5 Å². The Morgan fingerprint density at radius 3 is 2.20 bits per heavy atom. The number of aromatic nitrogens is 2. The quantitative estimate of drug-likeness (QED) is 0.365. The SMILES string of the molecule is CCOc1ccc(CCn2c3c(c(=O)[nH]c2=O)C(C(F)(F)F)(C(F)(F)F)N=C(c2cccc(F)c2)N3)cc1OCC. The van der Waals surface area contributed by atoms with Crippen molar-refractivity contribution in [2.24, 2.45) is 4.99 Å². The molecule has 15 heteroatoms. The number of nitrogens with one attached hydrogen (secondary N) is 2. The maximum atomic E-state index is 14.4. The van der Waals surface area contributed by atoms with Gasteiger partial charge in [-0.25, -0.2) is 14.2 Å². The summed E-state index contributed by atoms with van der Waals surface area (Å²) in [6.07, 6.45) is -12.4. The van der Waals surface area contributed by atoms with Crippen molar-refractivity contribution in [3.63, 3.8) is 0 Å². The highest BCUT2D eigenvalue weighted by molar-refractivity contribution is 6.09. The number of H-pyrrole nitrogens is 1. The monoisotopic (exact) mass is 588 g/mol. The number of anilines is 1. The first-order valence-corrected chi connectivity index (χ1v) is 12.3. The minimum absolute atomic E-state index is 0.0793. The average Bonchev–Trinajstić information content (AvgIpc) is 2.88. The van der Waals surface area contributed by atoms with Gasteiger partial charge in [-0.2, -0.15) is 26.3 Å². The number of fused-ring (bicyclic) bond motifs is 1. The second-order valence-corrected chi connectivity index (χ2v) is 8.83. The third kappa shape index (κ3) is 5.39. The van der Waals surface area contributed by atoms with Gasteiger partial charge in [-0.3, -0.25) is 14.3 Å². The number of benzene rings is 2. The molecule has 8 nitrogen and oxygen atoms in total. The van der Waals surface area contributed by atoms with Crippen LogP contribution in [0.15, 0.2) is 57.0 Å². The number of aromatic amines is 1. The van der Waals surface area contributed by atoms with Gasteiger partial charge in [-0.05, 0) is 50.1 Å². The van der Waals surface area contributed by atoms with E-state index in [1.54, 1.807) is 37.0 Å². The lowest BCUT2D eigenvalue weighted by Crippen LogP contribution is -2.59. The predicted molar refractivity (Wildman–Crippen MR) is 134 cm³/mol. The first-order valence-electron chi connectivity index (χ1n) is 12.3. The maximum Gasteiger partial charge on any atom is 0.427 e. The number of ether oxygens (including phenoxy) is 2. The summed E-state index contributed by atoms with van der Waals surface area (Å²) in [5.74, 6) is -2.32. The molecule has 0 unspecified atom stereocenters. The fourth-order valence-electron chi connectivity index (χ4n) is 4.45. The molecule has 1 aliphatic rings. The molecule has 2 N–H and O–H groups in total. The molecule has 0 fully saturated rings. The van der Waals surface area contributed by atoms with Crippen LogP contribution in [0.4, 0.5) is 36.6 Å². The molecule has 0 amide bonds. The number of alkyl halides is 6. The van der Waals surface area contributed by atoms with Gasteiger partial charge in [0, 0.05) is 12.1 Å². The summed E-state index contributed by atoms with van der Waals surface area (Å²) < 4.78 is 112. The zero-order valence-electron chi connectivity index (χ0n) is 21.5. The van der Waals surface area contributed by atoms with E-state index in [4.69, 9.17) is 9.47 Å². The summed E-state index contributed by atoms with van der Waals surface area (Å²) >= 11 is 0. The maximum absolute atomic E-state index is 14.4. The van der Waals surface area contributed by atoms with Crippen LogP contribution in [0.25, 0.3) is 0 Å². The smallest absolute Gasteiger partial charge is 0.427 e. The number of nitrogens with zero attached hydrogens (tertiary/aromatic N) is 2. The van der Waals surface area contributed by atoms with Gasteiger partial charge in [0.25, 0.3) is 11.1 Å². The fraction of sp³-hybridized carbons (Fsp3) is 0.346. The molecule has 2 heterocycles. The summed E-state index contributed by atoms with van der Waals surface area (Å²) in [6.45, 7) is 3.63. The zero-order valence-corrected chi connectivity index (χ0v) is 21.5. The minimum Gasteiger partial charge on any atom is -0.490 e. The second kappa shape index (κ2) is 10.9. The Bertz CT molecular complexity index is 1580. The Balaban J connectivity index is 1.90. The van der Waals surface area contributed by atoms with Gasteiger partial charge < -0.3 is 14.8 Å². The molecule has 0 aliphatic carbocycles. The molecule has 0 saturated carbocycles. The van der Waals surface area contributed by atoms with E-state index in [1.165, 1.54) is 0 Å². The Morgan fingerprint density at radius 2 is 1.59 bits per heavy atom. The molecule has 0 spiro atoms. The Kier molecular flexibility index (Phi) is 7.91. The Hall–Kier alpha value is -4.30. The number of hydrogen-bond acceptors (Lipinski definition) is 6. The van der Waals surface area contributed by atoms with Crippen LogP contribution in [-0.2, 0) is 18.5 Å². The van der Waals surface area contributed by atoms with E-state index in [1.807, 2.05) is 0 Å². The number of rotatable bonds is 8. The summed E-state index contributed by atoms with van der Waals surface area (Å²) in [5, 5.41) is 2.27. The van der Waals surface area contributed by atoms with Crippen LogP contribution in [0, 0.1) is 5.82 Å². The molecule has 0 radical (unpaired) electrons. The highest BCUT2D eigenvalue weighted by Gasteiger charge is 2.75. The number of hydrogen-bond donors (Lipinski definition) is 2. The van der Waals surface area contributed by atoms with Gasteiger partial charge in [0.2, 0.25) is 0 Å².